The topological polar surface area (TPSA) is 83.8 Å². The van der Waals surface area contributed by atoms with E-state index in [-0.39, 0.29) is 23.0 Å². The van der Waals surface area contributed by atoms with Crippen LogP contribution in [0.4, 0.5) is 19.0 Å². The summed E-state index contributed by atoms with van der Waals surface area (Å²) in [6.45, 7) is 1.29. The maximum absolute atomic E-state index is 14.5. The zero-order valence-corrected chi connectivity index (χ0v) is 20.4. The minimum Gasteiger partial charge on any atom is -0.482 e. The summed E-state index contributed by atoms with van der Waals surface area (Å²) in [5.74, 6) is -0.0290. The van der Waals surface area contributed by atoms with E-state index in [4.69, 9.17) is 20.7 Å². The van der Waals surface area contributed by atoms with Gasteiger partial charge in [0.25, 0.3) is 6.43 Å². The van der Waals surface area contributed by atoms with Crippen LogP contribution < -0.4 is 10.5 Å². The van der Waals surface area contributed by atoms with Gasteiger partial charge in [-0.05, 0) is 50.5 Å². The van der Waals surface area contributed by atoms with E-state index in [0.717, 1.165) is 47.3 Å². The molecule has 7 rings (SSSR count). The van der Waals surface area contributed by atoms with Crippen LogP contribution in [-0.2, 0) is 19.0 Å². The van der Waals surface area contributed by atoms with Crippen molar-refractivity contribution in [2.75, 3.05) is 5.73 Å². The minimum atomic E-state index is -2.57. The van der Waals surface area contributed by atoms with E-state index in [1.807, 2.05) is 20.2 Å². The molecule has 0 amide bonds. The highest BCUT2D eigenvalue weighted by atomic mass is 19.3. The second-order valence-corrected chi connectivity index (χ2v) is 10.4. The number of fused-ring (bicyclic) bond motifs is 8. The van der Waals surface area contributed by atoms with Crippen molar-refractivity contribution in [2.45, 2.75) is 56.6 Å². The Morgan fingerprint density at radius 3 is 2.76 bits per heavy atom. The molecule has 2 N–H and O–H groups in total. The molecule has 0 radical (unpaired) electrons. The molecule has 1 saturated carbocycles. The van der Waals surface area contributed by atoms with Crippen LogP contribution in [0.5, 0.6) is 5.75 Å². The Balaban J connectivity index is 1.57. The standard InChI is InChI=1S/C27H25F3N6O/c1-13-17-8-15(28)3-4-16(17)23-19(11-35(2)33-23)18-9-27(5-6-27)25-22(18)24(36(34-25)12-21(29)30)14-7-20(37-13)26(31)32-10-14/h3-4,7-8,10-11,13,18,21H,5-6,9,12H2,1-2H3,(H2,31,32)/t13-,18?/m1/s1. The van der Waals surface area contributed by atoms with Crippen LogP contribution in [0.25, 0.3) is 22.5 Å². The van der Waals surface area contributed by atoms with Crippen LogP contribution in [0.2, 0.25) is 0 Å². The highest BCUT2D eigenvalue weighted by Gasteiger charge is 2.56. The summed E-state index contributed by atoms with van der Waals surface area (Å²) in [5, 5.41) is 9.59. The largest absolute Gasteiger partial charge is 0.482 e. The average molecular weight is 507 g/mol. The molecule has 1 aromatic carbocycles. The first-order valence-corrected chi connectivity index (χ1v) is 12.4. The molecule has 1 aliphatic heterocycles. The summed E-state index contributed by atoms with van der Waals surface area (Å²) in [5.41, 5.74) is 12.2. The molecule has 0 saturated heterocycles. The van der Waals surface area contributed by atoms with Gasteiger partial charge < -0.3 is 10.5 Å². The van der Waals surface area contributed by atoms with Crippen molar-refractivity contribution in [1.29, 1.82) is 0 Å². The number of ether oxygens (including phenoxy) is 1. The summed E-state index contributed by atoms with van der Waals surface area (Å²) in [4.78, 5) is 4.34. The van der Waals surface area contributed by atoms with Gasteiger partial charge in [0.05, 0.1) is 17.1 Å². The number of aromatic nitrogens is 5. The van der Waals surface area contributed by atoms with Gasteiger partial charge in [-0.2, -0.15) is 10.2 Å². The predicted molar refractivity (Wildman–Crippen MR) is 131 cm³/mol. The number of hydrogen-bond donors (Lipinski definition) is 1. The number of nitrogens with two attached hydrogens (primary N) is 1. The number of pyridine rings is 1. The van der Waals surface area contributed by atoms with Crippen LogP contribution in [-0.4, -0.2) is 31.0 Å². The molecule has 1 spiro atoms. The van der Waals surface area contributed by atoms with Gasteiger partial charge in [0.1, 0.15) is 18.5 Å². The lowest BCUT2D eigenvalue weighted by Gasteiger charge is -2.22. The zero-order chi connectivity index (χ0) is 25.6. The van der Waals surface area contributed by atoms with Gasteiger partial charge in [-0.25, -0.2) is 18.2 Å². The number of halogens is 3. The summed E-state index contributed by atoms with van der Waals surface area (Å²) in [6, 6.07) is 6.34. The average Bonchev–Trinajstić information content (AvgIpc) is 3.24. The smallest absolute Gasteiger partial charge is 0.257 e. The van der Waals surface area contributed by atoms with E-state index in [0.29, 0.717) is 22.6 Å². The Hall–Kier alpha value is -3.82. The lowest BCUT2D eigenvalue weighted by atomic mass is 9.87. The molecule has 2 atom stereocenters. The first-order valence-electron chi connectivity index (χ1n) is 12.4. The van der Waals surface area contributed by atoms with Gasteiger partial charge in [-0.3, -0.25) is 9.36 Å². The van der Waals surface area contributed by atoms with E-state index in [2.05, 4.69) is 4.98 Å². The summed E-state index contributed by atoms with van der Waals surface area (Å²) in [6.07, 6.45) is 3.16. The van der Waals surface area contributed by atoms with E-state index in [9.17, 15) is 13.2 Å². The first kappa shape index (κ1) is 22.4. The number of alkyl halides is 2. The quantitative estimate of drug-likeness (QED) is 0.396. The molecule has 7 nitrogen and oxygen atoms in total. The van der Waals surface area contributed by atoms with Crippen molar-refractivity contribution < 1.29 is 17.9 Å². The van der Waals surface area contributed by atoms with Gasteiger partial charge in [-0.15, -0.1) is 0 Å². The zero-order valence-electron chi connectivity index (χ0n) is 20.4. The van der Waals surface area contributed by atoms with Crippen LogP contribution in [0.3, 0.4) is 0 Å². The molecule has 190 valence electrons. The number of nitrogen functional groups attached to an aromatic ring is 1. The van der Waals surface area contributed by atoms with Crippen LogP contribution >= 0.6 is 0 Å². The first-order chi connectivity index (χ1) is 17.7. The molecular weight excluding hydrogens is 481 g/mol. The van der Waals surface area contributed by atoms with E-state index < -0.39 is 19.1 Å². The van der Waals surface area contributed by atoms with E-state index in [1.54, 1.807) is 23.0 Å². The van der Waals surface area contributed by atoms with Gasteiger partial charge in [0.15, 0.2) is 11.6 Å². The lowest BCUT2D eigenvalue weighted by molar-refractivity contribution is 0.122. The number of hydrogen-bond acceptors (Lipinski definition) is 5. The molecule has 4 aromatic rings. The Morgan fingerprint density at radius 2 is 2.00 bits per heavy atom. The molecular formula is C27H25F3N6O. The fourth-order valence-corrected chi connectivity index (χ4v) is 6.20. The second-order valence-electron chi connectivity index (χ2n) is 10.4. The molecule has 10 heteroatoms. The predicted octanol–water partition coefficient (Wildman–Crippen LogP) is 5.35. The van der Waals surface area contributed by atoms with Crippen LogP contribution in [0.1, 0.15) is 60.6 Å². The van der Waals surface area contributed by atoms with Gasteiger partial charge in [0.2, 0.25) is 0 Å². The third kappa shape index (κ3) is 3.30. The third-order valence-electron chi connectivity index (χ3n) is 8.00. The lowest BCUT2D eigenvalue weighted by Crippen LogP contribution is -2.14. The van der Waals surface area contributed by atoms with E-state index >= 15 is 0 Å². The van der Waals surface area contributed by atoms with Crippen molar-refractivity contribution in [3.63, 3.8) is 0 Å². The number of benzene rings is 1. The molecule has 2 bridgehead atoms. The second kappa shape index (κ2) is 7.60. The summed E-state index contributed by atoms with van der Waals surface area (Å²) >= 11 is 0. The van der Waals surface area contributed by atoms with Gasteiger partial charge in [-0.1, -0.05) is 0 Å². The number of nitrogens with zero attached hydrogens (tertiary/aromatic N) is 5. The van der Waals surface area contributed by atoms with Crippen LogP contribution in [0.15, 0.2) is 36.7 Å². The Morgan fingerprint density at radius 1 is 1.19 bits per heavy atom. The monoisotopic (exact) mass is 506 g/mol. The Kier molecular flexibility index (Phi) is 4.59. The summed E-state index contributed by atoms with van der Waals surface area (Å²) < 4.78 is 51.4. The fraction of sp³-hybridized carbons (Fsp3) is 0.370. The SMILES string of the molecule is C[C@H]1Oc2cc(cnc2N)-c2c3c(nn2CC(F)F)C2(CC2)CC3c2cn(C)nc2-c2ccc(F)cc21. The molecule has 3 aliphatic rings. The highest BCUT2D eigenvalue weighted by molar-refractivity contribution is 5.75. The number of anilines is 1. The molecule has 2 aliphatic carbocycles. The van der Waals surface area contributed by atoms with Gasteiger partial charge >= 0.3 is 0 Å². The fourth-order valence-electron chi connectivity index (χ4n) is 6.20. The molecule has 3 aromatic heterocycles. The molecule has 4 heterocycles. The van der Waals surface area contributed by atoms with Crippen molar-refractivity contribution in [3.05, 3.63) is 64.9 Å². The summed E-state index contributed by atoms with van der Waals surface area (Å²) in [7, 11) is 1.85. The normalized spacial score (nSPS) is 20.6. The maximum atomic E-state index is 14.5. The Labute approximate surface area is 211 Å². The van der Waals surface area contributed by atoms with Crippen molar-refractivity contribution >= 4 is 5.82 Å². The highest BCUT2D eigenvalue weighted by Crippen LogP contribution is 2.64. The third-order valence-corrected chi connectivity index (χ3v) is 8.00. The number of rotatable bonds is 2. The maximum Gasteiger partial charge on any atom is 0.257 e. The number of aryl methyl sites for hydroxylation is 1. The van der Waals surface area contributed by atoms with Crippen molar-refractivity contribution in [1.82, 2.24) is 24.5 Å². The van der Waals surface area contributed by atoms with Crippen LogP contribution in [0, 0.1) is 5.82 Å². The molecule has 1 unspecified atom stereocenters. The van der Waals surface area contributed by atoms with Crippen molar-refractivity contribution in [2.24, 2.45) is 7.05 Å². The van der Waals surface area contributed by atoms with Crippen molar-refractivity contribution in [3.8, 4) is 28.3 Å². The minimum absolute atomic E-state index is 0.114. The Bertz CT molecular complexity index is 1570. The molecule has 1 fully saturated rings. The molecule has 37 heavy (non-hydrogen) atoms. The van der Waals surface area contributed by atoms with Gasteiger partial charge in [0, 0.05) is 58.6 Å². The van der Waals surface area contributed by atoms with E-state index in [1.165, 1.54) is 16.8 Å².